The van der Waals surface area contributed by atoms with Gasteiger partial charge >= 0.3 is 0 Å². The second kappa shape index (κ2) is 8.85. The molecule has 0 aliphatic heterocycles. The number of benzene rings is 2. The van der Waals surface area contributed by atoms with Crippen LogP contribution in [0.3, 0.4) is 0 Å². The van der Waals surface area contributed by atoms with Gasteiger partial charge < -0.3 is 5.32 Å². The summed E-state index contributed by atoms with van der Waals surface area (Å²) >= 11 is 0. The van der Waals surface area contributed by atoms with Crippen molar-refractivity contribution in [2.45, 2.75) is 32.7 Å². The average Bonchev–Trinajstić information content (AvgIpc) is 2.58. The maximum Gasteiger partial charge on any atom is 0.243 e. The normalized spacial score (nSPS) is 12.4. The average molecular weight is 375 g/mol. The van der Waals surface area contributed by atoms with Gasteiger partial charge in [-0.1, -0.05) is 48.0 Å². The predicted molar refractivity (Wildman–Crippen MR) is 106 cm³/mol. The highest BCUT2D eigenvalue weighted by Crippen LogP contribution is 2.20. The number of nitrogens with one attached hydrogen (secondary N) is 1. The zero-order valence-electron chi connectivity index (χ0n) is 15.5. The van der Waals surface area contributed by atoms with Crippen LogP contribution in [0.2, 0.25) is 0 Å². The lowest BCUT2D eigenvalue weighted by atomic mass is 10.1. The van der Waals surface area contributed by atoms with Crippen LogP contribution in [0.15, 0.2) is 54.6 Å². The molecule has 0 saturated heterocycles. The van der Waals surface area contributed by atoms with E-state index in [-0.39, 0.29) is 5.91 Å². The molecule has 0 radical (unpaired) electrons. The number of rotatable bonds is 8. The molecule has 1 atom stereocenters. The molecular formula is C20H26N2O3S. The van der Waals surface area contributed by atoms with Crippen molar-refractivity contribution in [2.24, 2.45) is 0 Å². The number of sulfonamides is 1. The summed E-state index contributed by atoms with van der Waals surface area (Å²) in [5.74, 6) is -0.302. The van der Waals surface area contributed by atoms with Crippen LogP contribution in [0.4, 0.5) is 5.69 Å². The van der Waals surface area contributed by atoms with Gasteiger partial charge in [-0.25, -0.2) is 8.42 Å². The summed E-state index contributed by atoms with van der Waals surface area (Å²) in [5.41, 5.74) is 2.93. The molecule has 0 fully saturated rings. The van der Waals surface area contributed by atoms with Gasteiger partial charge in [-0.2, -0.15) is 0 Å². The molecule has 0 bridgehead atoms. The van der Waals surface area contributed by atoms with Crippen LogP contribution in [0.5, 0.6) is 0 Å². The van der Waals surface area contributed by atoms with E-state index in [0.717, 1.165) is 23.4 Å². The summed E-state index contributed by atoms with van der Waals surface area (Å²) in [6.45, 7) is 4.16. The Bertz CT molecular complexity index is 835. The Hall–Kier alpha value is -2.34. The third-order valence-electron chi connectivity index (χ3n) is 4.12. The molecule has 2 aromatic rings. The minimum atomic E-state index is -3.57. The second-order valence-corrected chi connectivity index (χ2v) is 8.31. The van der Waals surface area contributed by atoms with Crippen molar-refractivity contribution in [3.63, 3.8) is 0 Å². The minimum Gasteiger partial charge on any atom is -0.354 e. The van der Waals surface area contributed by atoms with Crippen molar-refractivity contribution in [2.75, 3.05) is 17.1 Å². The highest BCUT2D eigenvalue weighted by atomic mass is 32.2. The van der Waals surface area contributed by atoms with Crippen LogP contribution in [0.25, 0.3) is 0 Å². The first-order valence-corrected chi connectivity index (χ1v) is 10.5. The monoisotopic (exact) mass is 374 g/mol. The Labute approximate surface area is 156 Å². The van der Waals surface area contributed by atoms with Crippen LogP contribution in [-0.2, 0) is 21.2 Å². The van der Waals surface area contributed by atoms with Crippen molar-refractivity contribution in [3.8, 4) is 0 Å². The fourth-order valence-electron chi connectivity index (χ4n) is 2.90. The van der Waals surface area contributed by atoms with Crippen molar-refractivity contribution in [1.82, 2.24) is 5.32 Å². The minimum absolute atomic E-state index is 0.302. The first-order valence-electron chi connectivity index (χ1n) is 8.67. The van der Waals surface area contributed by atoms with Crippen molar-refractivity contribution >= 4 is 21.6 Å². The third kappa shape index (κ3) is 5.59. The highest BCUT2D eigenvalue weighted by Gasteiger charge is 2.28. The van der Waals surface area contributed by atoms with E-state index < -0.39 is 16.1 Å². The zero-order valence-corrected chi connectivity index (χ0v) is 16.3. The van der Waals surface area contributed by atoms with Gasteiger partial charge in [0.2, 0.25) is 15.9 Å². The zero-order chi connectivity index (χ0) is 19.2. The van der Waals surface area contributed by atoms with Crippen molar-refractivity contribution < 1.29 is 13.2 Å². The number of nitrogens with zero attached hydrogens (tertiary/aromatic N) is 1. The first-order chi connectivity index (χ1) is 12.3. The van der Waals surface area contributed by atoms with Crippen LogP contribution in [-0.4, -0.2) is 33.2 Å². The van der Waals surface area contributed by atoms with E-state index in [2.05, 4.69) is 30.4 Å². The molecule has 1 N–H and O–H groups in total. The lowest BCUT2D eigenvalue weighted by Gasteiger charge is -2.28. The standard InChI is InChI=1S/C20H26N2O3S/c1-16-9-7-10-18(15-16)11-8-14-21-20(23)17(2)22(26(3,24)25)19-12-5-4-6-13-19/h4-7,9-10,12-13,15,17H,8,11,14H2,1-3H3,(H,21,23)/t17-/m0/s1. The molecule has 0 aromatic heterocycles. The Morgan fingerprint density at radius 1 is 1.12 bits per heavy atom. The fraction of sp³-hybridized carbons (Fsp3) is 0.350. The molecule has 0 spiro atoms. The van der Waals surface area contributed by atoms with Crippen LogP contribution in [0, 0.1) is 6.92 Å². The molecule has 0 aliphatic rings. The molecule has 0 heterocycles. The molecule has 2 rings (SSSR count). The van der Waals surface area contributed by atoms with E-state index >= 15 is 0 Å². The van der Waals surface area contributed by atoms with Crippen molar-refractivity contribution in [3.05, 3.63) is 65.7 Å². The summed E-state index contributed by atoms with van der Waals surface area (Å²) in [6, 6.07) is 16.1. The molecular weight excluding hydrogens is 348 g/mol. The Morgan fingerprint density at radius 3 is 2.42 bits per heavy atom. The van der Waals surface area contributed by atoms with Crippen LogP contribution < -0.4 is 9.62 Å². The van der Waals surface area contributed by atoms with Gasteiger partial charge in [0.15, 0.2) is 0 Å². The van der Waals surface area contributed by atoms with Crippen LogP contribution in [0.1, 0.15) is 24.5 Å². The van der Waals surface area contributed by atoms with E-state index in [1.165, 1.54) is 11.1 Å². The lowest BCUT2D eigenvalue weighted by Crippen LogP contribution is -2.48. The van der Waals surface area contributed by atoms with Gasteiger partial charge in [-0.3, -0.25) is 9.10 Å². The number of anilines is 1. The van der Waals surface area contributed by atoms with E-state index in [0.29, 0.717) is 12.2 Å². The Morgan fingerprint density at radius 2 is 1.81 bits per heavy atom. The molecule has 0 unspecified atom stereocenters. The summed E-state index contributed by atoms with van der Waals surface area (Å²) in [6.07, 6.45) is 2.78. The van der Waals surface area contributed by atoms with Gasteiger partial charge in [0.05, 0.1) is 11.9 Å². The summed E-state index contributed by atoms with van der Waals surface area (Å²) in [5, 5.41) is 2.84. The maximum absolute atomic E-state index is 12.5. The molecule has 140 valence electrons. The molecule has 1 amide bonds. The molecule has 26 heavy (non-hydrogen) atoms. The number of hydrogen-bond donors (Lipinski definition) is 1. The smallest absolute Gasteiger partial charge is 0.243 e. The maximum atomic E-state index is 12.5. The Kier molecular flexibility index (Phi) is 6.80. The molecule has 2 aromatic carbocycles. The summed E-state index contributed by atoms with van der Waals surface area (Å²) < 4.78 is 25.5. The number of hydrogen-bond acceptors (Lipinski definition) is 3. The molecule has 0 aliphatic carbocycles. The quantitative estimate of drug-likeness (QED) is 0.723. The fourth-order valence-corrected chi connectivity index (χ4v) is 4.08. The van der Waals surface area contributed by atoms with Gasteiger partial charge in [-0.15, -0.1) is 0 Å². The lowest BCUT2D eigenvalue weighted by molar-refractivity contribution is -0.121. The molecule has 0 saturated carbocycles. The third-order valence-corrected chi connectivity index (χ3v) is 5.36. The summed E-state index contributed by atoms with van der Waals surface area (Å²) in [4.78, 5) is 12.5. The van der Waals surface area contributed by atoms with E-state index in [1.54, 1.807) is 37.3 Å². The van der Waals surface area contributed by atoms with Gasteiger partial charge in [0.1, 0.15) is 6.04 Å². The van der Waals surface area contributed by atoms with Gasteiger partial charge in [0.25, 0.3) is 0 Å². The van der Waals surface area contributed by atoms with E-state index in [9.17, 15) is 13.2 Å². The first kappa shape index (κ1) is 20.0. The SMILES string of the molecule is Cc1cccc(CCCNC(=O)[C@H](C)N(c2ccccc2)S(C)(=O)=O)c1. The Balaban J connectivity index is 1.94. The van der Waals surface area contributed by atoms with Crippen LogP contribution >= 0.6 is 0 Å². The number of amides is 1. The van der Waals surface area contributed by atoms with Crippen molar-refractivity contribution in [1.29, 1.82) is 0 Å². The highest BCUT2D eigenvalue weighted by molar-refractivity contribution is 7.92. The number of aryl methyl sites for hydroxylation is 2. The molecule has 5 nitrogen and oxygen atoms in total. The number of carbonyl (C=O) groups is 1. The second-order valence-electron chi connectivity index (χ2n) is 6.45. The predicted octanol–water partition coefficient (Wildman–Crippen LogP) is 2.90. The molecule has 6 heteroatoms. The topological polar surface area (TPSA) is 66.5 Å². The largest absolute Gasteiger partial charge is 0.354 e. The van der Waals surface area contributed by atoms with E-state index in [4.69, 9.17) is 0 Å². The summed E-state index contributed by atoms with van der Waals surface area (Å²) in [7, 11) is -3.57. The number of carbonyl (C=O) groups excluding carboxylic acids is 1. The van der Waals surface area contributed by atoms with Gasteiger partial charge in [0, 0.05) is 6.54 Å². The van der Waals surface area contributed by atoms with E-state index in [1.807, 2.05) is 6.07 Å². The number of para-hydroxylation sites is 1. The van der Waals surface area contributed by atoms with Gasteiger partial charge in [-0.05, 0) is 44.4 Å².